The van der Waals surface area contributed by atoms with E-state index in [1.165, 1.54) is 18.1 Å². The molecule has 33 heavy (non-hydrogen) atoms. The maximum atomic E-state index is 12.8. The number of ketones is 1. The molecule has 0 radical (unpaired) electrons. The van der Waals surface area contributed by atoms with Crippen molar-refractivity contribution in [2.24, 2.45) is 5.92 Å². The zero-order valence-electron chi connectivity index (χ0n) is 19.7. The van der Waals surface area contributed by atoms with E-state index in [4.69, 9.17) is 14.2 Å². The summed E-state index contributed by atoms with van der Waals surface area (Å²) in [5.41, 5.74) is 3.55. The average Bonchev–Trinajstić information content (AvgIpc) is 3.05. The van der Waals surface area contributed by atoms with E-state index < -0.39 is 0 Å². The highest BCUT2D eigenvalue weighted by Crippen LogP contribution is 2.59. The predicted molar refractivity (Wildman–Crippen MR) is 124 cm³/mol. The van der Waals surface area contributed by atoms with Crippen LogP contribution in [0.15, 0.2) is 36.4 Å². The van der Waals surface area contributed by atoms with E-state index >= 15 is 0 Å². The van der Waals surface area contributed by atoms with Crippen LogP contribution >= 0.6 is 0 Å². The molecule has 2 aliphatic heterocycles. The Morgan fingerprint density at radius 3 is 2.52 bits per heavy atom. The molecule has 2 aromatic rings. The first-order valence-corrected chi connectivity index (χ1v) is 11.7. The molecule has 3 aliphatic rings. The predicted octanol–water partition coefficient (Wildman–Crippen LogP) is 4.39. The minimum absolute atomic E-state index is 0.0249. The number of carbonyl (C=O) groups excluding carboxylic acids is 2. The van der Waals surface area contributed by atoms with Gasteiger partial charge in [-0.15, -0.1) is 0 Å². The second kappa shape index (κ2) is 8.17. The van der Waals surface area contributed by atoms with E-state index in [9.17, 15) is 9.59 Å². The van der Waals surface area contributed by atoms with Gasteiger partial charge in [0.1, 0.15) is 12.2 Å². The number of methoxy groups -OCH3 is 1. The summed E-state index contributed by atoms with van der Waals surface area (Å²) in [6.07, 6.45) is 2.17. The standard InChI is InChI=1S/C27H31NO5/c1-16-13-21(32-26(30)19-7-5-18(6-8-19)17(2)29)14-23-27(16)11-12-28(3)15-20-9-10-22(31-4)25(33-23)24(20)27/h5-10,16,21,23H,11-15H2,1-4H3/t16?,21-,23?,27+/m0/s1. The van der Waals surface area contributed by atoms with Gasteiger partial charge in [-0.1, -0.05) is 25.1 Å². The summed E-state index contributed by atoms with van der Waals surface area (Å²) in [6, 6.07) is 10.8. The highest BCUT2D eigenvalue weighted by atomic mass is 16.6. The van der Waals surface area contributed by atoms with Crippen LogP contribution in [0.5, 0.6) is 11.5 Å². The van der Waals surface area contributed by atoms with Crippen LogP contribution < -0.4 is 9.47 Å². The third-order valence-electron chi connectivity index (χ3n) is 7.85. The molecule has 1 fully saturated rings. The number of rotatable bonds is 4. The van der Waals surface area contributed by atoms with Crippen LogP contribution in [-0.2, 0) is 16.7 Å². The lowest BCUT2D eigenvalue weighted by atomic mass is 9.59. The number of hydrogen-bond acceptors (Lipinski definition) is 6. The molecule has 2 unspecified atom stereocenters. The van der Waals surface area contributed by atoms with Crippen molar-refractivity contribution in [3.63, 3.8) is 0 Å². The molecule has 0 saturated heterocycles. The quantitative estimate of drug-likeness (QED) is 0.510. The van der Waals surface area contributed by atoms with Gasteiger partial charge in [-0.2, -0.15) is 0 Å². The van der Waals surface area contributed by atoms with Crippen molar-refractivity contribution in [1.82, 2.24) is 4.90 Å². The second-order valence-corrected chi connectivity index (χ2v) is 9.80. The first-order chi connectivity index (χ1) is 15.8. The minimum Gasteiger partial charge on any atom is -0.493 e. The highest BCUT2D eigenvalue weighted by Gasteiger charge is 2.58. The van der Waals surface area contributed by atoms with E-state index in [-0.39, 0.29) is 35.3 Å². The molecule has 1 spiro atoms. The van der Waals surface area contributed by atoms with Crippen molar-refractivity contribution in [3.05, 3.63) is 58.7 Å². The largest absolute Gasteiger partial charge is 0.493 e. The molecule has 5 rings (SSSR count). The molecule has 1 saturated carbocycles. The number of Topliss-reactive ketones (excluding diaryl/α,β-unsaturated/α-hetero) is 1. The van der Waals surface area contributed by atoms with Crippen LogP contribution in [0.25, 0.3) is 0 Å². The van der Waals surface area contributed by atoms with Crippen molar-refractivity contribution < 1.29 is 23.8 Å². The molecule has 0 N–H and O–H groups in total. The summed E-state index contributed by atoms with van der Waals surface area (Å²) in [7, 11) is 3.85. The van der Waals surface area contributed by atoms with E-state index in [0.717, 1.165) is 37.4 Å². The van der Waals surface area contributed by atoms with Crippen LogP contribution in [0.4, 0.5) is 0 Å². The van der Waals surface area contributed by atoms with E-state index in [1.54, 1.807) is 31.4 Å². The lowest BCUT2D eigenvalue weighted by molar-refractivity contribution is -0.0378. The Labute approximate surface area is 194 Å². The van der Waals surface area contributed by atoms with Gasteiger partial charge < -0.3 is 19.1 Å². The number of nitrogens with zero attached hydrogens (tertiary/aromatic N) is 1. The molecule has 2 heterocycles. The van der Waals surface area contributed by atoms with Crippen molar-refractivity contribution in [2.75, 3.05) is 20.7 Å². The van der Waals surface area contributed by atoms with Crippen LogP contribution in [0.1, 0.15) is 65.0 Å². The summed E-state index contributed by atoms with van der Waals surface area (Å²) >= 11 is 0. The first kappa shape index (κ1) is 22.0. The number of hydrogen-bond donors (Lipinski definition) is 0. The number of benzene rings is 2. The Morgan fingerprint density at radius 2 is 1.82 bits per heavy atom. The van der Waals surface area contributed by atoms with Gasteiger partial charge in [0.15, 0.2) is 17.3 Å². The topological polar surface area (TPSA) is 65.1 Å². The molecule has 0 bridgehead atoms. The van der Waals surface area contributed by atoms with E-state index in [0.29, 0.717) is 17.5 Å². The minimum atomic E-state index is -0.354. The SMILES string of the molecule is COc1ccc2c3c1OC1C[C@@H](OC(=O)c4ccc(C(C)=O)cc4)CC(C)[C@@]31CCN(C)C2. The first-order valence-electron chi connectivity index (χ1n) is 11.7. The van der Waals surface area contributed by atoms with Gasteiger partial charge in [0.25, 0.3) is 0 Å². The van der Waals surface area contributed by atoms with Crippen LogP contribution in [0, 0.1) is 5.92 Å². The lowest BCUT2D eigenvalue weighted by Gasteiger charge is -2.46. The van der Waals surface area contributed by atoms with Gasteiger partial charge in [0.05, 0.1) is 12.7 Å². The third-order valence-corrected chi connectivity index (χ3v) is 7.85. The fourth-order valence-electron chi connectivity index (χ4n) is 6.13. The number of ether oxygens (including phenoxy) is 3. The Hall–Kier alpha value is -2.86. The van der Waals surface area contributed by atoms with Gasteiger partial charge in [0.2, 0.25) is 0 Å². The summed E-state index contributed by atoms with van der Waals surface area (Å²) < 4.78 is 18.2. The van der Waals surface area contributed by atoms with Gasteiger partial charge in [-0.05, 0) is 63.0 Å². The molecule has 174 valence electrons. The van der Waals surface area contributed by atoms with Crippen molar-refractivity contribution in [2.45, 2.75) is 57.3 Å². The van der Waals surface area contributed by atoms with Gasteiger partial charge in [0, 0.05) is 29.5 Å². The van der Waals surface area contributed by atoms with Crippen molar-refractivity contribution in [3.8, 4) is 11.5 Å². The fourth-order valence-corrected chi connectivity index (χ4v) is 6.13. The molecular formula is C27H31NO5. The second-order valence-electron chi connectivity index (χ2n) is 9.80. The Kier molecular flexibility index (Phi) is 5.44. The van der Waals surface area contributed by atoms with E-state index in [1.807, 2.05) is 6.07 Å². The molecule has 6 nitrogen and oxygen atoms in total. The van der Waals surface area contributed by atoms with Crippen LogP contribution in [0.3, 0.4) is 0 Å². The Balaban J connectivity index is 1.41. The summed E-state index contributed by atoms with van der Waals surface area (Å²) in [5, 5.41) is 0. The van der Waals surface area contributed by atoms with Crippen LogP contribution in [-0.4, -0.2) is 49.6 Å². The van der Waals surface area contributed by atoms with Crippen molar-refractivity contribution >= 4 is 11.8 Å². The van der Waals surface area contributed by atoms with Crippen molar-refractivity contribution in [1.29, 1.82) is 0 Å². The molecular weight excluding hydrogens is 418 g/mol. The molecule has 0 amide bonds. The zero-order valence-corrected chi connectivity index (χ0v) is 19.7. The Bertz CT molecular complexity index is 1090. The smallest absolute Gasteiger partial charge is 0.338 e. The number of carbonyl (C=O) groups is 2. The highest BCUT2D eigenvalue weighted by molar-refractivity contribution is 5.96. The maximum absolute atomic E-state index is 12.8. The fraction of sp³-hybridized carbons (Fsp3) is 0.481. The normalized spacial score (nSPS) is 28.2. The average molecular weight is 450 g/mol. The maximum Gasteiger partial charge on any atom is 0.338 e. The Morgan fingerprint density at radius 1 is 1.09 bits per heavy atom. The summed E-state index contributed by atoms with van der Waals surface area (Å²) in [5.74, 6) is 1.55. The van der Waals surface area contributed by atoms with Gasteiger partial charge in [-0.25, -0.2) is 4.79 Å². The molecule has 2 aromatic carbocycles. The molecule has 1 aliphatic carbocycles. The number of esters is 1. The van der Waals surface area contributed by atoms with Gasteiger partial charge in [-0.3, -0.25) is 4.79 Å². The molecule has 6 heteroatoms. The third kappa shape index (κ3) is 3.52. The van der Waals surface area contributed by atoms with Gasteiger partial charge >= 0.3 is 5.97 Å². The van der Waals surface area contributed by atoms with Crippen LogP contribution in [0.2, 0.25) is 0 Å². The monoisotopic (exact) mass is 449 g/mol. The molecule has 4 atom stereocenters. The zero-order chi connectivity index (χ0) is 23.3. The summed E-state index contributed by atoms with van der Waals surface area (Å²) in [6.45, 7) is 5.67. The molecule has 0 aromatic heterocycles. The summed E-state index contributed by atoms with van der Waals surface area (Å²) in [4.78, 5) is 26.7. The lowest BCUT2D eigenvalue weighted by Crippen LogP contribution is -2.52. The van der Waals surface area contributed by atoms with E-state index in [2.05, 4.69) is 24.9 Å².